The Labute approximate surface area is 152 Å². The van der Waals surface area contributed by atoms with E-state index in [4.69, 9.17) is 16.3 Å². The molecule has 0 fully saturated rings. The molecule has 0 spiro atoms. The van der Waals surface area contributed by atoms with Crippen LogP contribution in [0.3, 0.4) is 0 Å². The molecule has 0 saturated carbocycles. The molecule has 0 aliphatic heterocycles. The molecule has 25 heavy (non-hydrogen) atoms. The van der Waals surface area contributed by atoms with Crippen molar-refractivity contribution in [3.8, 4) is 5.75 Å². The summed E-state index contributed by atoms with van der Waals surface area (Å²) < 4.78 is 19.3. The maximum Gasteiger partial charge on any atom is 0.138 e. The van der Waals surface area contributed by atoms with Crippen LogP contribution in [-0.4, -0.2) is 0 Å². The van der Waals surface area contributed by atoms with Gasteiger partial charge in [-0.2, -0.15) is 0 Å². The highest BCUT2D eigenvalue weighted by Crippen LogP contribution is 2.27. The standard InChI is InChI=1S/C21H19ClFNO/c1-15-6-9-18(10-7-15)24-13-16-8-11-21(19(22)12-16)25-14-17-4-2-3-5-20(17)23/h2-12,24H,13-14H2,1H3. The second-order valence-corrected chi connectivity index (χ2v) is 6.27. The Bertz CT molecular complexity index is 849. The molecule has 0 amide bonds. The summed E-state index contributed by atoms with van der Waals surface area (Å²) in [6, 6.07) is 20.4. The average molecular weight is 356 g/mol. The zero-order chi connectivity index (χ0) is 17.6. The molecule has 2 nitrogen and oxygen atoms in total. The van der Waals surface area contributed by atoms with E-state index >= 15 is 0 Å². The molecular formula is C21H19ClFNO. The second kappa shape index (κ2) is 8.04. The topological polar surface area (TPSA) is 21.3 Å². The fraction of sp³-hybridized carbons (Fsp3) is 0.143. The van der Waals surface area contributed by atoms with Crippen molar-refractivity contribution in [1.29, 1.82) is 0 Å². The van der Waals surface area contributed by atoms with E-state index in [1.54, 1.807) is 18.2 Å². The molecule has 0 aromatic heterocycles. The quantitative estimate of drug-likeness (QED) is 0.587. The molecule has 128 valence electrons. The molecule has 0 atom stereocenters. The number of aryl methyl sites for hydroxylation is 1. The molecular weight excluding hydrogens is 337 g/mol. The smallest absolute Gasteiger partial charge is 0.138 e. The maximum absolute atomic E-state index is 13.6. The third-order valence-corrected chi connectivity index (χ3v) is 4.18. The SMILES string of the molecule is Cc1ccc(NCc2ccc(OCc3ccccc3F)c(Cl)c2)cc1. The first-order chi connectivity index (χ1) is 12.1. The van der Waals surface area contributed by atoms with Crippen molar-refractivity contribution in [1.82, 2.24) is 0 Å². The summed E-state index contributed by atoms with van der Waals surface area (Å²) in [5.41, 5.74) is 3.83. The van der Waals surface area contributed by atoms with Crippen molar-refractivity contribution in [3.63, 3.8) is 0 Å². The van der Waals surface area contributed by atoms with Gasteiger partial charge in [0.2, 0.25) is 0 Å². The van der Waals surface area contributed by atoms with E-state index in [-0.39, 0.29) is 12.4 Å². The van der Waals surface area contributed by atoms with Gasteiger partial charge >= 0.3 is 0 Å². The van der Waals surface area contributed by atoms with Gasteiger partial charge in [0.05, 0.1) is 5.02 Å². The van der Waals surface area contributed by atoms with Gasteiger partial charge in [0.15, 0.2) is 0 Å². The molecule has 1 N–H and O–H groups in total. The molecule has 0 saturated heterocycles. The van der Waals surface area contributed by atoms with Crippen molar-refractivity contribution in [2.45, 2.75) is 20.1 Å². The number of ether oxygens (including phenoxy) is 1. The zero-order valence-electron chi connectivity index (χ0n) is 13.9. The van der Waals surface area contributed by atoms with Crippen LogP contribution in [0.2, 0.25) is 5.02 Å². The van der Waals surface area contributed by atoms with Crippen LogP contribution in [0.1, 0.15) is 16.7 Å². The summed E-state index contributed by atoms with van der Waals surface area (Å²) in [6.45, 7) is 2.87. The number of rotatable bonds is 6. The highest BCUT2D eigenvalue weighted by Gasteiger charge is 2.06. The molecule has 3 rings (SSSR count). The van der Waals surface area contributed by atoms with Gasteiger partial charge in [-0.05, 0) is 42.8 Å². The van der Waals surface area contributed by atoms with Gasteiger partial charge in [-0.1, -0.05) is 53.6 Å². The zero-order valence-corrected chi connectivity index (χ0v) is 14.7. The fourth-order valence-electron chi connectivity index (χ4n) is 2.42. The molecule has 4 heteroatoms. The Hall–Kier alpha value is -2.52. The van der Waals surface area contributed by atoms with Gasteiger partial charge in [0.25, 0.3) is 0 Å². The van der Waals surface area contributed by atoms with Gasteiger partial charge in [-0.3, -0.25) is 0 Å². The number of benzene rings is 3. The largest absolute Gasteiger partial charge is 0.487 e. The van der Waals surface area contributed by atoms with Crippen LogP contribution in [-0.2, 0) is 13.2 Å². The first-order valence-corrected chi connectivity index (χ1v) is 8.45. The second-order valence-electron chi connectivity index (χ2n) is 5.86. The molecule has 0 aliphatic carbocycles. The minimum atomic E-state index is -0.280. The van der Waals surface area contributed by atoms with E-state index in [9.17, 15) is 4.39 Å². The lowest BCUT2D eigenvalue weighted by atomic mass is 10.2. The van der Waals surface area contributed by atoms with E-state index < -0.39 is 0 Å². The summed E-state index contributed by atoms with van der Waals surface area (Å²) in [6.07, 6.45) is 0. The Morgan fingerprint density at radius 2 is 1.76 bits per heavy atom. The minimum Gasteiger partial charge on any atom is -0.487 e. The summed E-state index contributed by atoms with van der Waals surface area (Å²) in [7, 11) is 0. The van der Waals surface area contributed by atoms with Crippen molar-refractivity contribution in [2.75, 3.05) is 5.32 Å². The Balaban J connectivity index is 1.60. The first kappa shape index (κ1) is 17.3. The van der Waals surface area contributed by atoms with E-state index in [1.165, 1.54) is 11.6 Å². The van der Waals surface area contributed by atoms with E-state index in [0.29, 0.717) is 22.9 Å². The molecule has 3 aromatic carbocycles. The van der Waals surface area contributed by atoms with Crippen molar-refractivity contribution in [2.24, 2.45) is 0 Å². The van der Waals surface area contributed by atoms with E-state index in [0.717, 1.165) is 11.3 Å². The van der Waals surface area contributed by atoms with Crippen molar-refractivity contribution < 1.29 is 9.13 Å². The van der Waals surface area contributed by atoms with Crippen LogP contribution in [0.25, 0.3) is 0 Å². The first-order valence-electron chi connectivity index (χ1n) is 8.07. The van der Waals surface area contributed by atoms with E-state index in [2.05, 4.69) is 24.4 Å². The molecule has 0 unspecified atom stereocenters. The molecule has 0 radical (unpaired) electrons. The summed E-state index contributed by atoms with van der Waals surface area (Å²) >= 11 is 6.29. The minimum absolute atomic E-state index is 0.146. The van der Waals surface area contributed by atoms with Gasteiger partial charge in [0.1, 0.15) is 18.2 Å². The molecule has 0 aliphatic rings. The molecule has 0 heterocycles. The highest BCUT2D eigenvalue weighted by atomic mass is 35.5. The van der Waals surface area contributed by atoms with Gasteiger partial charge in [-0.25, -0.2) is 4.39 Å². The molecule has 3 aromatic rings. The third-order valence-electron chi connectivity index (χ3n) is 3.89. The fourth-order valence-corrected chi connectivity index (χ4v) is 2.68. The van der Waals surface area contributed by atoms with Crippen LogP contribution in [0, 0.1) is 12.7 Å². The lowest BCUT2D eigenvalue weighted by molar-refractivity contribution is 0.300. The Morgan fingerprint density at radius 1 is 1.00 bits per heavy atom. The number of hydrogen-bond donors (Lipinski definition) is 1. The van der Waals surface area contributed by atoms with Gasteiger partial charge in [-0.15, -0.1) is 0 Å². The van der Waals surface area contributed by atoms with Crippen LogP contribution >= 0.6 is 11.6 Å². The summed E-state index contributed by atoms with van der Waals surface area (Å²) in [5, 5.41) is 3.86. The van der Waals surface area contributed by atoms with Gasteiger partial charge < -0.3 is 10.1 Å². The van der Waals surface area contributed by atoms with Crippen LogP contribution in [0.5, 0.6) is 5.75 Å². The average Bonchev–Trinajstić information content (AvgIpc) is 2.62. The van der Waals surface area contributed by atoms with Crippen LogP contribution in [0.4, 0.5) is 10.1 Å². The predicted octanol–water partition coefficient (Wildman–Crippen LogP) is 5.98. The highest BCUT2D eigenvalue weighted by molar-refractivity contribution is 6.32. The van der Waals surface area contributed by atoms with Crippen molar-refractivity contribution in [3.05, 3.63) is 94.3 Å². The number of nitrogens with one attached hydrogen (secondary N) is 1. The summed E-state index contributed by atoms with van der Waals surface area (Å²) in [5.74, 6) is 0.265. The monoisotopic (exact) mass is 355 g/mol. The number of anilines is 1. The molecule has 0 bridgehead atoms. The Kier molecular flexibility index (Phi) is 5.56. The normalized spacial score (nSPS) is 10.5. The number of hydrogen-bond acceptors (Lipinski definition) is 2. The Morgan fingerprint density at radius 3 is 2.48 bits per heavy atom. The third kappa shape index (κ3) is 4.74. The van der Waals surface area contributed by atoms with Crippen molar-refractivity contribution >= 4 is 17.3 Å². The predicted molar refractivity (Wildman–Crippen MR) is 101 cm³/mol. The lowest BCUT2D eigenvalue weighted by Crippen LogP contribution is -2.01. The van der Waals surface area contributed by atoms with Gasteiger partial charge in [0, 0.05) is 17.8 Å². The van der Waals surface area contributed by atoms with Crippen LogP contribution in [0.15, 0.2) is 66.7 Å². The number of halogens is 2. The lowest BCUT2D eigenvalue weighted by Gasteiger charge is -2.11. The summed E-state index contributed by atoms with van der Waals surface area (Å²) in [4.78, 5) is 0. The van der Waals surface area contributed by atoms with Crippen LogP contribution < -0.4 is 10.1 Å². The van der Waals surface area contributed by atoms with E-state index in [1.807, 2.05) is 30.3 Å². The maximum atomic E-state index is 13.6.